The molecule has 0 aliphatic rings. The highest BCUT2D eigenvalue weighted by Crippen LogP contribution is 2.31. The van der Waals surface area contributed by atoms with Crippen LogP contribution in [0.15, 0.2) is 0 Å². The van der Waals surface area contributed by atoms with Crippen molar-refractivity contribution in [2.75, 3.05) is 39.6 Å². The van der Waals surface area contributed by atoms with Gasteiger partial charge in [-0.05, 0) is 95.9 Å². The Bertz CT molecular complexity index is 745. The molecule has 0 unspecified atom stereocenters. The van der Waals surface area contributed by atoms with Crippen LogP contribution in [-0.4, -0.2) is 63.5 Å². The van der Waals surface area contributed by atoms with Crippen LogP contribution < -0.4 is 0 Å². The average molecular weight is 587 g/mol. The lowest BCUT2D eigenvalue weighted by atomic mass is 9.85. The van der Waals surface area contributed by atoms with Gasteiger partial charge in [0.2, 0.25) is 0 Å². The van der Waals surface area contributed by atoms with Crippen LogP contribution in [0, 0.1) is 32.5 Å². The smallest absolute Gasteiger partial charge is 0.311 e. The van der Waals surface area contributed by atoms with E-state index < -0.39 is 32.5 Å². The van der Waals surface area contributed by atoms with Crippen LogP contribution in [0.4, 0.5) is 0 Å². The molecule has 0 aliphatic carbocycles. The van der Waals surface area contributed by atoms with Crippen molar-refractivity contribution in [3.8, 4) is 0 Å². The highest BCUT2D eigenvalue weighted by atomic mass is 16.6. The van der Waals surface area contributed by atoms with Crippen LogP contribution in [-0.2, 0) is 42.9 Å². The van der Waals surface area contributed by atoms with Gasteiger partial charge >= 0.3 is 23.9 Å². The number of hydrogen-bond donors (Lipinski definition) is 0. The van der Waals surface area contributed by atoms with Gasteiger partial charge in [-0.2, -0.15) is 0 Å². The number of carbonyl (C=O) groups is 4. The molecule has 0 radical (unpaired) electrons. The Balaban J connectivity index is 6.00. The number of ether oxygens (including phenoxy) is 5. The molecule has 0 aromatic carbocycles. The van der Waals surface area contributed by atoms with E-state index in [1.165, 1.54) is 0 Å². The van der Waals surface area contributed by atoms with Gasteiger partial charge in [-0.1, -0.05) is 13.8 Å². The molecule has 41 heavy (non-hydrogen) atoms. The van der Waals surface area contributed by atoms with Crippen molar-refractivity contribution in [1.29, 1.82) is 0 Å². The summed E-state index contributed by atoms with van der Waals surface area (Å²) in [6, 6.07) is 0. The maximum atomic E-state index is 12.6. The van der Waals surface area contributed by atoms with Crippen molar-refractivity contribution in [3.63, 3.8) is 0 Å². The molecule has 240 valence electrons. The van der Waals surface area contributed by atoms with E-state index in [9.17, 15) is 19.2 Å². The van der Waals surface area contributed by atoms with Crippen molar-refractivity contribution >= 4 is 23.9 Å². The van der Waals surface area contributed by atoms with E-state index >= 15 is 0 Å². The molecule has 0 saturated carbocycles. The summed E-state index contributed by atoms with van der Waals surface area (Å²) in [5.74, 6) is -1.49. The minimum atomic E-state index is -0.814. The standard InChI is InChI=1S/C32H58O9/c1-15-31(19-38-23(33)27(3,4)5,20-39-24(34)28(6,7)8)17-37-18-32(16-2,21-40-25(35)29(9,10)11)22-41-26(36)30(12,13)14/h15-22H2,1-14H3. The second-order valence-electron chi connectivity index (χ2n) is 15.5. The lowest BCUT2D eigenvalue weighted by molar-refractivity contribution is -0.172. The molecular weight excluding hydrogens is 528 g/mol. The van der Waals surface area contributed by atoms with Crippen LogP contribution >= 0.6 is 0 Å². The minimum Gasteiger partial charge on any atom is -0.464 e. The normalized spacial score (nSPS) is 13.4. The summed E-state index contributed by atoms with van der Waals surface area (Å²) in [5, 5.41) is 0. The molecule has 0 spiro atoms. The van der Waals surface area contributed by atoms with Gasteiger partial charge in [-0.25, -0.2) is 0 Å². The third kappa shape index (κ3) is 13.6. The summed E-state index contributed by atoms with van der Waals surface area (Å²) >= 11 is 0. The third-order valence-electron chi connectivity index (χ3n) is 6.80. The molecule has 9 nitrogen and oxygen atoms in total. The molecule has 0 rings (SSSR count). The summed E-state index contributed by atoms with van der Waals surface area (Å²) < 4.78 is 28.9. The maximum absolute atomic E-state index is 12.6. The number of carbonyl (C=O) groups excluding carboxylic acids is 4. The monoisotopic (exact) mass is 586 g/mol. The third-order valence-corrected chi connectivity index (χ3v) is 6.80. The number of hydrogen-bond acceptors (Lipinski definition) is 9. The Morgan fingerprint density at radius 2 is 0.585 bits per heavy atom. The first-order valence-electron chi connectivity index (χ1n) is 14.6. The molecule has 0 aromatic rings. The van der Waals surface area contributed by atoms with Crippen LogP contribution in [0.25, 0.3) is 0 Å². The maximum Gasteiger partial charge on any atom is 0.311 e. The molecule has 0 N–H and O–H groups in total. The van der Waals surface area contributed by atoms with E-state index in [1.807, 2.05) is 13.8 Å². The highest BCUT2D eigenvalue weighted by molar-refractivity contribution is 5.76. The SMILES string of the molecule is CCC(COCC(CC)(COC(=O)C(C)(C)C)COC(=O)C(C)(C)C)(COC(=O)C(C)(C)C)COC(=O)C(C)(C)C. The first-order chi connectivity index (χ1) is 18.3. The molecule has 0 aromatic heterocycles. The van der Waals surface area contributed by atoms with Gasteiger partial charge < -0.3 is 23.7 Å². The topological polar surface area (TPSA) is 114 Å². The molecule has 0 atom stereocenters. The summed E-state index contributed by atoms with van der Waals surface area (Å²) in [4.78, 5) is 50.4. The first kappa shape index (κ1) is 38.8. The Hall–Kier alpha value is -2.16. The Morgan fingerprint density at radius 3 is 0.732 bits per heavy atom. The zero-order valence-electron chi connectivity index (χ0n) is 28.3. The number of esters is 4. The van der Waals surface area contributed by atoms with Crippen molar-refractivity contribution in [3.05, 3.63) is 0 Å². The summed E-state index contributed by atoms with van der Waals surface area (Å²) in [6.45, 7) is 25.3. The lowest BCUT2D eigenvalue weighted by Gasteiger charge is -2.36. The number of rotatable bonds is 14. The van der Waals surface area contributed by atoms with E-state index in [0.29, 0.717) is 12.8 Å². The van der Waals surface area contributed by atoms with Crippen molar-refractivity contribution < 1.29 is 42.9 Å². The minimum absolute atomic E-state index is 0.00578. The van der Waals surface area contributed by atoms with Crippen molar-refractivity contribution in [2.45, 2.75) is 110 Å². The fourth-order valence-corrected chi connectivity index (χ4v) is 3.09. The van der Waals surface area contributed by atoms with Crippen LogP contribution in [0.3, 0.4) is 0 Å². The van der Waals surface area contributed by atoms with Gasteiger partial charge in [-0.15, -0.1) is 0 Å². The lowest BCUT2D eigenvalue weighted by Crippen LogP contribution is -2.44. The predicted octanol–water partition coefficient (Wildman–Crippen LogP) is 6.15. The van der Waals surface area contributed by atoms with E-state index in [2.05, 4.69) is 0 Å². The summed E-state index contributed by atoms with van der Waals surface area (Å²) in [7, 11) is 0. The fourth-order valence-electron chi connectivity index (χ4n) is 3.09. The molecule has 9 heteroatoms. The van der Waals surface area contributed by atoms with Crippen LogP contribution in [0.2, 0.25) is 0 Å². The van der Waals surface area contributed by atoms with Gasteiger partial charge in [0.25, 0.3) is 0 Å². The second-order valence-corrected chi connectivity index (χ2v) is 15.5. The van der Waals surface area contributed by atoms with Gasteiger partial charge in [-0.3, -0.25) is 19.2 Å². The Morgan fingerprint density at radius 1 is 0.390 bits per heavy atom. The molecule has 0 bridgehead atoms. The van der Waals surface area contributed by atoms with E-state index in [4.69, 9.17) is 23.7 Å². The largest absolute Gasteiger partial charge is 0.464 e. The molecule has 0 amide bonds. The van der Waals surface area contributed by atoms with Gasteiger partial charge in [0, 0.05) is 0 Å². The molecule has 0 aliphatic heterocycles. The fraction of sp³-hybridized carbons (Fsp3) is 0.875. The van der Waals surface area contributed by atoms with E-state index in [0.717, 1.165) is 0 Å². The van der Waals surface area contributed by atoms with Gasteiger partial charge in [0.15, 0.2) is 0 Å². The van der Waals surface area contributed by atoms with E-state index in [1.54, 1.807) is 83.1 Å². The van der Waals surface area contributed by atoms with E-state index in [-0.39, 0.29) is 63.5 Å². The first-order valence-corrected chi connectivity index (χ1v) is 14.6. The predicted molar refractivity (Wildman–Crippen MR) is 158 cm³/mol. The van der Waals surface area contributed by atoms with Gasteiger partial charge in [0.1, 0.15) is 26.4 Å². The molecule has 0 saturated heterocycles. The second kappa shape index (κ2) is 14.8. The molecule has 0 fully saturated rings. The zero-order chi connectivity index (χ0) is 32.5. The Labute approximate surface area is 248 Å². The van der Waals surface area contributed by atoms with Crippen LogP contribution in [0.5, 0.6) is 0 Å². The van der Waals surface area contributed by atoms with Crippen molar-refractivity contribution in [1.82, 2.24) is 0 Å². The zero-order valence-corrected chi connectivity index (χ0v) is 28.3. The highest BCUT2D eigenvalue weighted by Gasteiger charge is 2.40. The molecular formula is C32H58O9. The average Bonchev–Trinajstić information content (AvgIpc) is 2.83. The summed E-state index contributed by atoms with van der Waals surface area (Å²) in [6.07, 6.45) is 0.998. The quantitative estimate of drug-likeness (QED) is 0.174. The molecule has 0 heterocycles. The summed E-state index contributed by atoms with van der Waals surface area (Å²) in [5.41, 5.74) is -4.43. The van der Waals surface area contributed by atoms with Gasteiger partial charge in [0.05, 0.1) is 45.7 Å². The Kier molecular flexibility index (Phi) is 14.1. The van der Waals surface area contributed by atoms with Crippen molar-refractivity contribution in [2.24, 2.45) is 32.5 Å². The van der Waals surface area contributed by atoms with Crippen LogP contribution in [0.1, 0.15) is 110 Å².